The van der Waals surface area contributed by atoms with Crippen molar-refractivity contribution in [2.75, 3.05) is 26.2 Å². The number of benzene rings is 1. The van der Waals surface area contributed by atoms with Gasteiger partial charge in [0.2, 0.25) is 0 Å². The van der Waals surface area contributed by atoms with E-state index in [0.717, 1.165) is 49.5 Å². The second kappa shape index (κ2) is 7.26. The number of nitrogens with zero attached hydrogens (tertiary/aromatic N) is 2. The molecule has 25 heavy (non-hydrogen) atoms. The lowest BCUT2D eigenvalue weighted by Crippen LogP contribution is -2.42. The molecule has 2 saturated heterocycles. The fraction of sp³-hybridized carbons (Fsp3) is 0.450. The summed E-state index contributed by atoms with van der Waals surface area (Å²) in [6.07, 6.45) is 4.54. The molecule has 4 rings (SSSR count). The quantitative estimate of drug-likeness (QED) is 0.815. The largest absolute Gasteiger partial charge is 0.334 e. The minimum Gasteiger partial charge on any atom is -0.334 e. The van der Waals surface area contributed by atoms with Crippen molar-refractivity contribution in [3.8, 4) is 10.4 Å². The SMILES string of the molecule is O=C(c1ccc(-c2cccs2)cc1F)N1CCC[C@H]1CN1CCCC1. The van der Waals surface area contributed by atoms with Gasteiger partial charge in [0.15, 0.2) is 0 Å². The van der Waals surface area contributed by atoms with Gasteiger partial charge in [-0.25, -0.2) is 4.39 Å². The third-order valence-corrected chi connectivity index (χ3v) is 6.23. The highest BCUT2D eigenvalue weighted by Crippen LogP contribution is 2.28. The van der Waals surface area contributed by atoms with E-state index in [1.54, 1.807) is 17.4 Å². The number of carbonyl (C=O) groups is 1. The Hall–Kier alpha value is -1.72. The molecule has 1 aromatic heterocycles. The molecule has 0 spiro atoms. The smallest absolute Gasteiger partial charge is 0.257 e. The minimum absolute atomic E-state index is 0.156. The van der Waals surface area contributed by atoms with E-state index in [9.17, 15) is 9.18 Å². The van der Waals surface area contributed by atoms with Crippen molar-refractivity contribution in [1.29, 1.82) is 0 Å². The lowest BCUT2D eigenvalue weighted by atomic mass is 10.1. The molecular formula is C20H23FN2OS. The van der Waals surface area contributed by atoms with Gasteiger partial charge < -0.3 is 9.80 Å². The Morgan fingerprint density at radius 2 is 2.00 bits per heavy atom. The van der Waals surface area contributed by atoms with Crippen LogP contribution in [0.25, 0.3) is 10.4 Å². The van der Waals surface area contributed by atoms with Crippen LogP contribution in [0, 0.1) is 5.82 Å². The maximum atomic E-state index is 14.6. The molecule has 0 aliphatic carbocycles. The Labute approximate surface area is 152 Å². The number of rotatable bonds is 4. The molecule has 2 fully saturated rings. The van der Waals surface area contributed by atoms with Gasteiger partial charge in [0.25, 0.3) is 5.91 Å². The van der Waals surface area contributed by atoms with Gasteiger partial charge in [-0.15, -0.1) is 11.3 Å². The lowest BCUT2D eigenvalue weighted by Gasteiger charge is -2.28. The van der Waals surface area contributed by atoms with E-state index >= 15 is 0 Å². The average Bonchev–Trinajstić information content (AvgIpc) is 3.37. The molecule has 2 aliphatic rings. The van der Waals surface area contributed by atoms with Crippen molar-refractivity contribution in [1.82, 2.24) is 9.80 Å². The highest BCUT2D eigenvalue weighted by molar-refractivity contribution is 7.13. The number of carbonyl (C=O) groups excluding carboxylic acids is 1. The molecule has 3 heterocycles. The standard InChI is InChI=1S/C20H23FN2OS/c21-18-13-15(19-6-4-12-25-19)7-8-17(18)20(24)23-11-3-5-16(23)14-22-9-1-2-10-22/h4,6-8,12-13,16H,1-3,5,9-11,14H2/t16-/m0/s1. The number of hydrogen-bond donors (Lipinski definition) is 0. The van der Waals surface area contributed by atoms with Crippen molar-refractivity contribution in [2.45, 2.75) is 31.7 Å². The van der Waals surface area contributed by atoms with Gasteiger partial charge in [0.05, 0.1) is 5.56 Å². The second-order valence-electron chi connectivity index (χ2n) is 6.97. The Morgan fingerprint density at radius 3 is 2.72 bits per heavy atom. The molecule has 0 unspecified atom stereocenters. The molecule has 0 radical (unpaired) electrons. The van der Waals surface area contributed by atoms with Crippen LogP contribution in [0.1, 0.15) is 36.0 Å². The third-order valence-electron chi connectivity index (χ3n) is 5.31. The summed E-state index contributed by atoms with van der Waals surface area (Å²) in [5, 5.41) is 1.97. The zero-order chi connectivity index (χ0) is 17.2. The number of hydrogen-bond acceptors (Lipinski definition) is 3. The molecule has 0 saturated carbocycles. The highest BCUT2D eigenvalue weighted by Gasteiger charge is 2.32. The van der Waals surface area contributed by atoms with E-state index in [1.807, 2.05) is 28.5 Å². The summed E-state index contributed by atoms with van der Waals surface area (Å²) in [6.45, 7) is 3.93. The van der Waals surface area contributed by atoms with Crippen LogP contribution < -0.4 is 0 Å². The van der Waals surface area contributed by atoms with Crippen LogP contribution in [0.4, 0.5) is 4.39 Å². The zero-order valence-electron chi connectivity index (χ0n) is 14.3. The minimum atomic E-state index is -0.414. The number of halogens is 1. The third kappa shape index (κ3) is 3.48. The van der Waals surface area contributed by atoms with Crippen LogP contribution in [0.5, 0.6) is 0 Å². The summed E-state index contributed by atoms with van der Waals surface area (Å²) in [4.78, 5) is 18.3. The summed E-state index contributed by atoms with van der Waals surface area (Å²) in [6, 6.07) is 9.13. The van der Waals surface area contributed by atoms with E-state index in [-0.39, 0.29) is 17.5 Å². The van der Waals surface area contributed by atoms with Crippen LogP contribution in [-0.4, -0.2) is 47.9 Å². The van der Waals surface area contributed by atoms with Crippen LogP contribution in [0.2, 0.25) is 0 Å². The van der Waals surface area contributed by atoms with Crippen molar-refractivity contribution >= 4 is 17.2 Å². The monoisotopic (exact) mass is 358 g/mol. The molecule has 2 aliphatic heterocycles. The first kappa shape index (κ1) is 16.7. The predicted octanol–water partition coefficient (Wildman–Crippen LogP) is 4.25. The number of thiophene rings is 1. The van der Waals surface area contributed by atoms with Gasteiger partial charge in [0.1, 0.15) is 5.82 Å². The van der Waals surface area contributed by atoms with Crippen molar-refractivity contribution in [2.24, 2.45) is 0 Å². The summed E-state index contributed by atoms with van der Waals surface area (Å²) in [5.41, 5.74) is 1.03. The fourth-order valence-electron chi connectivity index (χ4n) is 4.00. The first-order chi connectivity index (χ1) is 12.2. The van der Waals surface area contributed by atoms with Gasteiger partial charge in [0, 0.05) is 24.0 Å². The van der Waals surface area contributed by atoms with Crippen molar-refractivity contribution < 1.29 is 9.18 Å². The maximum absolute atomic E-state index is 14.6. The molecule has 132 valence electrons. The van der Waals surface area contributed by atoms with E-state index in [4.69, 9.17) is 0 Å². The Bertz CT molecular complexity index is 740. The lowest BCUT2D eigenvalue weighted by molar-refractivity contribution is 0.0704. The molecule has 0 N–H and O–H groups in total. The zero-order valence-corrected chi connectivity index (χ0v) is 15.1. The number of likely N-dealkylation sites (tertiary alicyclic amines) is 2. The molecule has 3 nitrogen and oxygen atoms in total. The first-order valence-electron chi connectivity index (χ1n) is 9.09. The van der Waals surface area contributed by atoms with Crippen LogP contribution in [0.15, 0.2) is 35.7 Å². The van der Waals surface area contributed by atoms with Crippen molar-refractivity contribution in [3.63, 3.8) is 0 Å². The van der Waals surface area contributed by atoms with Gasteiger partial charge >= 0.3 is 0 Å². The molecule has 1 amide bonds. The average molecular weight is 358 g/mol. The normalized spacial score (nSPS) is 21.2. The summed E-state index contributed by atoms with van der Waals surface area (Å²) in [7, 11) is 0. The van der Waals surface area contributed by atoms with Crippen LogP contribution in [0.3, 0.4) is 0 Å². The molecule has 2 aromatic rings. The Kier molecular flexibility index (Phi) is 4.86. The van der Waals surface area contributed by atoms with E-state index in [1.165, 1.54) is 18.9 Å². The van der Waals surface area contributed by atoms with Gasteiger partial charge in [-0.1, -0.05) is 12.1 Å². The van der Waals surface area contributed by atoms with E-state index in [2.05, 4.69) is 4.90 Å². The molecule has 1 atom stereocenters. The van der Waals surface area contributed by atoms with Gasteiger partial charge in [-0.2, -0.15) is 0 Å². The van der Waals surface area contributed by atoms with E-state index in [0.29, 0.717) is 0 Å². The second-order valence-corrected chi connectivity index (χ2v) is 7.92. The molecule has 0 bridgehead atoms. The Morgan fingerprint density at radius 1 is 1.16 bits per heavy atom. The molecule has 5 heteroatoms. The molecular weight excluding hydrogens is 335 g/mol. The maximum Gasteiger partial charge on any atom is 0.257 e. The van der Waals surface area contributed by atoms with Gasteiger partial charge in [-0.3, -0.25) is 4.79 Å². The van der Waals surface area contributed by atoms with Crippen LogP contribution >= 0.6 is 11.3 Å². The summed E-state index contributed by atoms with van der Waals surface area (Å²) >= 11 is 1.57. The van der Waals surface area contributed by atoms with Crippen LogP contribution in [-0.2, 0) is 0 Å². The molecule has 1 aromatic carbocycles. The predicted molar refractivity (Wildman–Crippen MR) is 99.4 cm³/mol. The highest BCUT2D eigenvalue weighted by atomic mass is 32.1. The van der Waals surface area contributed by atoms with Crippen molar-refractivity contribution in [3.05, 3.63) is 47.1 Å². The summed E-state index contributed by atoms with van der Waals surface area (Å²) in [5.74, 6) is -0.570. The number of amides is 1. The topological polar surface area (TPSA) is 23.6 Å². The Balaban J connectivity index is 1.51. The van der Waals surface area contributed by atoms with Gasteiger partial charge in [-0.05, 0) is 67.9 Å². The first-order valence-corrected chi connectivity index (χ1v) is 9.97. The van der Waals surface area contributed by atoms with E-state index < -0.39 is 5.82 Å². The summed E-state index contributed by atoms with van der Waals surface area (Å²) < 4.78 is 14.6. The fourth-order valence-corrected chi connectivity index (χ4v) is 4.72.